The zero-order valence-corrected chi connectivity index (χ0v) is 21.0. The van der Waals surface area contributed by atoms with Crippen LogP contribution in [0.25, 0.3) is 0 Å². The van der Waals surface area contributed by atoms with Crippen LogP contribution in [0.5, 0.6) is 0 Å². The van der Waals surface area contributed by atoms with Crippen LogP contribution in [0.4, 0.5) is 18.9 Å². The van der Waals surface area contributed by atoms with Gasteiger partial charge in [0.25, 0.3) is 5.56 Å². The Labute approximate surface area is 192 Å². The van der Waals surface area contributed by atoms with E-state index in [9.17, 15) is 27.9 Å². The van der Waals surface area contributed by atoms with E-state index in [1.165, 1.54) is 0 Å². The largest absolute Gasteiger partial charge is 0.479 e. The smallest absolute Gasteiger partial charge is 0.423 e. The lowest BCUT2D eigenvalue weighted by Crippen LogP contribution is -2.55. The third-order valence-corrected chi connectivity index (χ3v) is 9.15. The number of hydrogen-bond donors (Lipinski definition) is 2. The van der Waals surface area contributed by atoms with Crippen LogP contribution in [0, 0.1) is 23.2 Å². The third kappa shape index (κ3) is 4.45. The van der Waals surface area contributed by atoms with Crippen molar-refractivity contribution in [2.45, 2.75) is 77.7 Å². The molecular weight excluding hydrogens is 455 g/mol. The molecule has 7 nitrogen and oxygen atoms in total. The van der Waals surface area contributed by atoms with E-state index in [1.54, 1.807) is 0 Å². The molecule has 0 aliphatic heterocycles. The Bertz CT molecular complexity index is 975. The van der Waals surface area contributed by atoms with Gasteiger partial charge in [-0.05, 0) is 36.6 Å². The third-order valence-electron chi connectivity index (χ3n) is 7.45. The van der Waals surface area contributed by atoms with Gasteiger partial charge in [0.1, 0.15) is 17.8 Å². The Morgan fingerprint density at radius 2 is 2.00 bits per heavy atom. The van der Waals surface area contributed by atoms with E-state index in [0.29, 0.717) is 17.7 Å². The van der Waals surface area contributed by atoms with E-state index >= 15 is 0 Å². The molecule has 11 heteroatoms. The minimum atomic E-state index is -4.99. The number of halogens is 3. The molecule has 0 bridgehead atoms. The second kappa shape index (κ2) is 8.40. The summed E-state index contributed by atoms with van der Waals surface area (Å²) in [6.07, 6.45) is -3.27. The van der Waals surface area contributed by atoms with Gasteiger partial charge in [-0.2, -0.15) is 18.3 Å². The van der Waals surface area contributed by atoms with Gasteiger partial charge in [0.05, 0.1) is 11.9 Å². The van der Waals surface area contributed by atoms with Gasteiger partial charge in [0.2, 0.25) is 0 Å². The van der Waals surface area contributed by atoms with Crippen molar-refractivity contribution in [3.63, 3.8) is 0 Å². The number of anilines is 1. The molecule has 0 saturated heterocycles. The van der Waals surface area contributed by atoms with Gasteiger partial charge < -0.3 is 15.2 Å². The number of hydrogen-bond acceptors (Lipinski definition) is 5. The summed E-state index contributed by atoms with van der Waals surface area (Å²) in [6.45, 7) is 12.1. The predicted octanol–water partition coefficient (Wildman–Crippen LogP) is 4.51. The summed E-state index contributed by atoms with van der Waals surface area (Å²) in [5.74, 6) is -1.10. The van der Waals surface area contributed by atoms with Gasteiger partial charge in [-0.1, -0.05) is 40.4 Å². The molecule has 0 spiro atoms. The van der Waals surface area contributed by atoms with Crippen LogP contribution in [0.15, 0.2) is 11.0 Å². The quantitative estimate of drug-likeness (QED) is 0.392. The first-order valence-electron chi connectivity index (χ1n) is 11.3. The molecule has 0 radical (unpaired) electrons. The van der Waals surface area contributed by atoms with E-state index in [1.807, 2.05) is 20.8 Å². The Morgan fingerprint density at radius 3 is 2.48 bits per heavy atom. The van der Waals surface area contributed by atoms with Crippen LogP contribution in [-0.4, -0.2) is 41.1 Å². The Kier molecular flexibility index (Phi) is 6.55. The van der Waals surface area contributed by atoms with Crippen molar-refractivity contribution in [2.24, 2.45) is 23.2 Å². The highest BCUT2D eigenvalue weighted by molar-refractivity contribution is 6.76. The molecule has 2 aliphatic rings. The van der Waals surface area contributed by atoms with Crippen LogP contribution in [0.1, 0.15) is 39.2 Å². The standard InChI is InChI=1S/C22H34F3N3O4Si/c1-13(2)20-10-15(20)14(3)9-21(20,19(30)31)27-16-11-26-28(12-32-7-8-33(4,5)6)18(29)17(16)22(23,24)25/h11,13-15,27H,7-10,12H2,1-6H3,(H,30,31). The number of carbonyl (C=O) groups is 1. The lowest BCUT2D eigenvalue weighted by Gasteiger charge is -2.39. The van der Waals surface area contributed by atoms with Crippen LogP contribution < -0.4 is 10.9 Å². The molecule has 0 amide bonds. The number of carboxylic acid groups (broad SMARTS) is 1. The van der Waals surface area contributed by atoms with Crippen molar-refractivity contribution >= 4 is 19.7 Å². The number of aromatic nitrogens is 2. The number of ether oxygens (including phenoxy) is 1. The molecule has 2 N–H and O–H groups in total. The average molecular weight is 490 g/mol. The lowest BCUT2D eigenvalue weighted by molar-refractivity contribution is -0.146. The fraction of sp³-hybridized carbons (Fsp3) is 0.773. The highest BCUT2D eigenvalue weighted by Crippen LogP contribution is 2.74. The van der Waals surface area contributed by atoms with Gasteiger partial charge in [-0.3, -0.25) is 4.79 Å². The fourth-order valence-electron chi connectivity index (χ4n) is 5.69. The first kappa shape index (κ1) is 25.7. The summed E-state index contributed by atoms with van der Waals surface area (Å²) in [4.78, 5) is 25.3. The first-order chi connectivity index (χ1) is 15.1. The molecule has 1 aromatic rings. The maximum Gasteiger partial charge on any atom is 0.423 e. The molecule has 2 fully saturated rings. The molecule has 3 rings (SSSR count). The zero-order valence-electron chi connectivity index (χ0n) is 20.0. The van der Waals surface area contributed by atoms with Crippen molar-refractivity contribution in [1.29, 1.82) is 0 Å². The lowest BCUT2D eigenvalue weighted by atomic mass is 9.74. The van der Waals surface area contributed by atoms with E-state index in [-0.39, 0.29) is 24.2 Å². The monoisotopic (exact) mass is 489 g/mol. The van der Waals surface area contributed by atoms with E-state index < -0.39 is 54.7 Å². The van der Waals surface area contributed by atoms with E-state index in [0.717, 1.165) is 12.2 Å². The topological polar surface area (TPSA) is 93.5 Å². The van der Waals surface area contributed by atoms with Gasteiger partial charge in [0.15, 0.2) is 0 Å². The second-order valence-electron chi connectivity index (χ2n) is 11.1. The van der Waals surface area contributed by atoms with E-state index in [2.05, 4.69) is 30.1 Å². The summed E-state index contributed by atoms with van der Waals surface area (Å²) >= 11 is 0. The van der Waals surface area contributed by atoms with Crippen LogP contribution in [0.3, 0.4) is 0 Å². The molecule has 4 unspecified atom stereocenters. The molecular formula is C22H34F3N3O4Si. The highest BCUT2D eigenvalue weighted by Gasteiger charge is 2.77. The van der Waals surface area contributed by atoms with Crippen molar-refractivity contribution in [3.8, 4) is 0 Å². The number of nitrogens with zero attached hydrogens (tertiary/aromatic N) is 2. The minimum Gasteiger partial charge on any atom is -0.479 e. The maximum absolute atomic E-state index is 14.0. The Morgan fingerprint density at radius 1 is 1.36 bits per heavy atom. The number of alkyl halides is 3. The molecule has 33 heavy (non-hydrogen) atoms. The minimum absolute atomic E-state index is 0.0402. The predicted molar refractivity (Wildman–Crippen MR) is 121 cm³/mol. The number of carboxylic acids is 1. The van der Waals surface area contributed by atoms with Crippen LogP contribution >= 0.6 is 0 Å². The van der Waals surface area contributed by atoms with Gasteiger partial charge in [-0.15, -0.1) is 0 Å². The normalized spacial score (nSPS) is 29.3. The Hall–Kier alpha value is -1.88. The summed E-state index contributed by atoms with van der Waals surface area (Å²) in [6, 6.07) is 0.797. The first-order valence-corrected chi connectivity index (χ1v) is 15.0. The number of rotatable bonds is 9. The molecule has 2 saturated carbocycles. The maximum atomic E-state index is 14.0. The van der Waals surface area contributed by atoms with Crippen LogP contribution in [-0.2, 0) is 22.4 Å². The highest BCUT2D eigenvalue weighted by atomic mass is 28.3. The Balaban J connectivity index is 1.97. The molecule has 1 aromatic heterocycles. The zero-order chi connectivity index (χ0) is 25.0. The summed E-state index contributed by atoms with van der Waals surface area (Å²) in [7, 11) is -1.40. The molecule has 186 valence electrons. The van der Waals surface area contributed by atoms with Crippen LogP contribution in [0.2, 0.25) is 25.7 Å². The number of aliphatic carboxylic acids is 1. The second-order valence-corrected chi connectivity index (χ2v) is 16.7. The molecule has 2 aliphatic carbocycles. The average Bonchev–Trinajstić information content (AvgIpc) is 3.36. The summed E-state index contributed by atoms with van der Waals surface area (Å²) in [5.41, 5.74) is -5.65. The molecule has 4 atom stereocenters. The number of fused-ring (bicyclic) bond motifs is 1. The van der Waals surface area contributed by atoms with Crippen molar-refractivity contribution in [3.05, 3.63) is 22.1 Å². The van der Waals surface area contributed by atoms with Gasteiger partial charge in [-0.25, -0.2) is 9.48 Å². The fourth-order valence-corrected chi connectivity index (χ4v) is 6.45. The van der Waals surface area contributed by atoms with Gasteiger partial charge in [0, 0.05) is 20.1 Å². The van der Waals surface area contributed by atoms with Crippen molar-refractivity contribution in [1.82, 2.24) is 9.78 Å². The number of nitrogens with one attached hydrogen (secondary N) is 1. The summed E-state index contributed by atoms with van der Waals surface area (Å²) in [5, 5.41) is 16.8. The van der Waals surface area contributed by atoms with Crippen molar-refractivity contribution < 1.29 is 27.8 Å². The SMILES string of the molecule is CC1CC(Nc2cnn(COCC[Si](C)(C)C)c(=O)c2C(F)(F)F)(C(=O)O)C2(C(C)C)CC12. The molecule has 1 heterocycles. The van der Waals surface area contributed by atoms with Gasteiger partial charge >= 0.3 is 12.1 Å². The van der Waals surface area contributed by atoms with Crippen molar-refractivity contribution in [2.75, 3.05) is 11.9 Å². The van der Waals surface area contributed by atoms with E-state index in [4.69, 9.17) is 4.74 Å². The summed E-state index contributed by atoms with van der Waals surface area (Å²) < 4.78 is 48.1. The molecule has 0 aromatic carbocycles.